The lowest BCUT2D eigenvalue weighted by Crippen LogP contribution is -2.13. The largest absolute Gasteiger partial charge is 0.374 e. The predicted molar refractivity (Wildman–Crippen MR) is 82.6 cm³/mol. The second-order valence-corrected chi connectivity index (χ2v) is 5.26. The lowest BCUT2D eigenvalue weighted by molar-refractivity contribution is 0.581. The van der Waals surface area contributed by atoms with Crippen LogP contribution in [0.25, 0.3) is 10.9 Å². The van der Waals surface area contributed by atoms with Gasteiger partial charge in [-0.25, -0.2) is 18.2 Å². The van der Waals surface area contributed by atoms with Crippen molar-refractivity contribution in [3.05, 3.63) is 65.4 Å². The maximum absolute atomic E-state index is 14.5. The van der Waals surface area contributed by atoms with E-state index in [4.69, 9.17) is 0 Å². The van der Waals surface area contributed by atoms with Gasteiger partial charge in [0.15, 0.2) is 5.82 Å². The van der Waals surface area contributed by atoms with Crippen LogP contribution in [-0.4, -0.2) is 9.97 Å². The highest BCUT2D eigenvalue weighted by Crippen LogP contribution is 2.32. The number of hydrogen-bond donors (Lipinski definition) is 1. The molecule has 0 spiro atoms. The molecule has 118 valence electrons. The van der Waals surface area contributed by atoms with Crippen molar-refractivity contribution in [2.24, 2.45) is 0 Å². The van der Waals surface area contributed by atoms with Crippen molar-refractivity contribution < 1.29 is 13.2 Å². The summed E-state index contributed by atoms with van der Waals surface area (Å²) in [5, 5.41) is 2.87. The van der Waals surface area contributed by atoms with Gasteiger partial charge in [0.2, 0.25) is 0 Å². The number of anilines is 1. The van der Waals surface area contributed by atoms with Crippen molar-refractivity contribution in [2.45, 2.75) is 19.9 Å². The van der Waals surface area contributed by atoms with Crippen LogP contribution in [0.4, 0.5) is 18.9 Å². The molecule has 1 atom stereocenters. The summed E-state index contributed by atoms with van der Waals surface area (Å²) in [5.41, 5.74) is 0.563. The molecule has 1 aromatic carbocycles. The lowest BCUT2D eigenvalue weighted by atomic mass is 10.1. The summed E-state index contributed by atoms with van der Waals surface area (Å²) in [7, 11) is 0. The SMILES string of the molecule is Cc1nc2cccc(F)c2c(NC(C)c2ncccc2F)c1F. The Morgan fingerprint density at radius 1 is 1.04 bits per heavy atom. The summed E-state index contributed by atoms with van der Waals surface area (Å²) < 4.78 is 42.5. The fraction of sp³-hybridized carbons (Fsp3) is 0.176. The number of fused-ring (bicyclic) bond motifs is 1. The van der Waals surface area contributed by atoms with E-state index in [9.17, 15) is 13.2 Å². The van der Waals surface area contributed by atoms with Gasteiger partial charge in [0.25, 0.3) is 0 Å². The third-order valence-electron chi connectivity index (χ3n) is 3.62. The minimum Gasteiger partial charge on any atom is -0.374 e. The monoisotopic (exact) mass is 317 g/mol. The molecule has 23 heavy (non-hydrogen) atoms. The Hall–Kier alpha value is -2.63. The number of hydrogen-bond acceptors (Lipinski definition) is 3. The minimum atomic E-state index is -0.661. The van der Waals surface area contributed by atoms with Crippen LogP contribution in [0.3, 0.4) is 0 Å². The van der Waals surface area contributed by atoms with Crippen LogP contribution in [0.15, 0.2) is 36.5 Å². The Morgan fingerprint density at radius 2 is 1.78 bits per heavy atom. The average molecular weight is 317 g/mol. The van der Waals surface area contributed by atoms with E-state index in [0.717, 1.165) is 0 Å². The maximum atomic E-state index is 14.5. The van der Waals surface area contributed by atoms with Crippen LogP contribution in [0.2, 0.25) is 0 Å². The predicted octanol–water partition coefficient (Wildman–Crippen LogP) is 4.53. The van der Waals surface area contributed by atoms with Crippen LogP contribution in [0.5, 0.6) is 0 Å². The highest BCUT2D eigenvalue weighted by molar-refractivity contribution is 5.92. The Balaban J connectivity index is 2.13. The van der Waals surface area contributed by atoms with Crippen molar-refractivity contribution in [1.29, 1.82) is 0 Å². The number of nitrogens with one attached hydrogen (secondary N) is 1. The molecule has 0 fully saturated rings. The van der Waals surface area contributed by atoms with E-state index in [1.54, 1.807) is 13.0 Å². The van der Waals surface area contributed by atoms with Crippen LogP contribution < -0.4 is 5.32 Å². The van der Waals surface area contributed by atoms with E-state index in [2.05, 4.69) is 15.3 Å². The smallest absolute Gasteiger partial charge is 0.168 e. The van der Waals surface area contributed by atoms with E-state index in [0.29, 0.717) is 5.52 Å². The van der Waals surface area contributed by atoms with Crippen molar-refractivity contribution in [3.63, 3.8) is 0 Å². The van der Waals surface area contributed by atoms with Gasteiger partial charge in [0, 0.05) is 6.20 Å². The summed E-state index contributed by atoms with van der Waals surface area (Å²) in [6.07, 6.45) is 1.45. The number of benzene rings is 1. The minimum absolute atomic E-state index is 0.0387. The van der Waals surface area contributed by atoms with Gasteiger partial charge < -0.3 is 5.32 Å². The number of nitrogens with zero attached hydrogens (tertiary/aromatic N) is 2. The lowest BCUT2D eigenvalue weighted by Gasteiger charge is -2.18. The summed E-state index contributed by atoms with van der Waals surface area (Å²) in [6, 6.07) is 6.44. The molecule has 3 nitrogen and oxygen atoms in total. The van der Waals surface area contributed by atoms with Gasteiger partial charge in [0.1, 0.15) is 11.6 Å². The van der Waals surface area contributed by atoms with Gasteiger partial charge in [-0.2, -0.15) is 0 Å². The molecule has 1 unspecified atom stereocenters. The third-order valence-corrected chi connectivity index (χ3v) is 3.62. The zero-order valence-corrected chi connectivity index (χ0v) is 12.6. The molecule has 0 bridgehead atoms. The van der Waals surface area contributed by atoms with Gasteiger partial charge in [-0.05, 0) is 38.1 Å². The molecule has 0 aliphatic heterocycles. The molecule has 2 heterocycles. The molecular formula is C17H14F3N3. The first kappa shape index (κ1) is 15.3. The van der Waals surface area contributed by atoms with E-state index in [1.165, 1.54) is 37.4 Å². The van der Waals surface area contributed by atoms with E-state index >= 15 is 0 Å². The van der Waals surface area contributed by atoms with E-state index in [-0.39, 0.29) is 22.5 Å². The van der Waals surface area contributed by atoms with Crippen LogP contribution >= 0.6 is 0 Å². The van der Waals surface area contributed by atoms with Crippen LogP contribution in [0.1, 0.15) is 24.4 Å². The molecule has 0 saturated carbocycles. The van der Waals surface area contributed by atoms with Gasteiger partial charge in [-0.1, -0.05) is 6.07 Å². The first-order valence-electron chi connectivity index (χ1n) is 7.10. The van der Waals surface area contributed by atoms with Gasteiger partial charge in [-0.3, -0.25) is 4.98 Å². The molecule has 6 heteroatoms. The highest BCUT2D eigenvalue weighted by Gasteiger charge is 2.19. The topological polar surface area (TPSA) is 37.8 Å². The third kappa shape index (κ3) is 2.72. The summed E-state index contributed by atoms with van der Waals surface area (Å²) in [4.78, 5) is 8.01. The standard InChI is InChI=1S/C17H14F3N3/c1-9-15(20)17(14-11(18)5-3-7-13(14)22-9)23-10(2)16-12(19)6-4-8-21-16/h3-8,10H,1-2H3,(H,22,23). The van der Waals surface area contributed by atoms with Gasteiger partial charge in [-0.15, -0.1) is 0 Å². The van der Waals surface area contributed by atoms with Gasteiger partial charge in [0.05, 0.1) is 34.0 Å². The van der Waals surface area contributed by atoms with E-state index < -0.39 is 23.5 Å². The van der Waals surface area contributed by atoms with Crippen LogP contribution in [0, 0.1) is 24.4 Å². The van der Waals surface area contributed by atoms with Crippen molar-refractivity contribution in [3.8, 4) is 0 Å². The Kier molecular flexibility index (Phi) is 3.90. The molecular weight excluding hydrogens is 303 g/mol. The number of halogens is 3. The number of rotatable bonds is 3. The fourth-order valence-corrected chi connectivity index (χ4v) is 2.51. The maximum Gasteiger partial charge on any atom is 0.168 e. The summed E-state index contributed by atoms with van der Waals surface area (Å²) in [5.74, 6) is -1.76. The Morgan fingerprint density at radius 3 is 2.52 bits per heavy atom. The van der Waals surface area contributed by atoms with Crippen molar-refractivity contribution >= 4 is 16.6 Å². The second-order valence-electron chi connectivity index (χ2n) is 5.26. The highest BCUT2D eigenvalue weighted by atomic mass is 19.1. The quantitative estimate of drug-likeness (QED) is 0.771. The van der Waals surface area contributed by atoms with Crippen molar-refractivity contribution in [1.82, 2.24) is 9.97 Å². The molecule has 0 amide bonds. The normalized spacial score (nSPS) is 12.4. The molecule has 0 aliphatic rings. The molecule has 3 aromatic rings. The number of aromatic nitrogens is 2. The first-order valence-corrected chi connectivity index (χ1v) is 7.10. The van der Waals surface area contributed by atoms with Crippen LogP contribution in [-0.2, 0) is 0 Å². The molecule has 1 N–H and O–H groups in total. The molecule has 0 saturated heterocycles. The Bertz CT molecular complexity index is 880. The first-order chi connectivity index (χ1) is 11.0. The summed E-state index contributed by atoms with van der Waals surface area (Å²) in [6.45, 7) is 3.13. The van der Waals surface area contributed by atoms with Crippen molar-refractivity contribution in [2.75, 3.05) is 5.32 Å². The van der Waals surface area contributed by atoms with E-state index in [1.807, 2.05) is 0 Å². The molecule has 0 radical (unpaired) electrons. The zero-order valence-electron chi connectivity index (χ0n) is 12.6. The number of aryl methyl sites for hydroxylation is 1. The molecule has 2 aromatic heterocycles. The zero-order chi connectivity index (χ0) is 16.6. The number of pyridine rings is 2. The average Bonchev–Trinajstić information content (AvgIpc) is 2.52. The fourth-order valence-electron chi connectivity index (χ4n) is 2.51. The summed E-state index contributed by atoms with van der Waals surface area (Å²) >= 11 is 0. The van der Waals surface area contributed by atoms with Gasteiger partial charge >= 0.3 is 0 Å². The molecule has 0 aliphatic carbocycles. The second kappa shape index (κ2) is 5.87. The Labute approximate surface area is 131 Å². The molecule has 3 rings (SSSR count).